The molecule has 1 saturated carbocycles. The molecule has 31 heavy (non-hydrogen) atoms. The number of carbonyl (C=O) groups excluding carboxylic acids is 5. The summed E-state index contributed by atoms with van der Waals surface area (Å²) in [7, 11) is 0. The van der Waals surface area contributed by atoms with Gasteiger partial charge in [0.1, 0.15) is 18.8 Å². The molecule has 2 unspecified atom stereocenters. The van der Waals surface area contributed by atoms with Gasteiger partial charge in [0.05, 0.1) is 0 Å². The first kappa shape index (κ1) is 24.6. The van der Waals surface area contributed by atoms with Crippen LogP contribution in [-0.4, -0.2) is 67.0 Å². The maximum atomic E-state index is 12.8. The van der Waals surface area contributed by atoms with Gasteiger partial charge in [-0.1, -0.05) is 12.8 Å². The summed E-state index contributed by atoms with van der Waals surface area (Å²) < 4.78 is 26.6. The smallest absolute Gasteiger partial charge is 0.305 e. The van der Waals surface area contributed by atoms with E-state index in [1.807, 2.05) is 0 Å². The third-order valence-electron chi connectivity index (χ3n) is 5.02. The molecule has 11 heteroatoms. The third kappa shape index (κ3) is 7.20. The quantitative estimate of drug-likeness (QED) is 0.433. The summed E-state index contributed by atoms with van der Waals surface area (Å²) in [6, 6.07) is -1.14. The SMILES string of the molecule is CC(=O)OCC1O[C@H](OC(C)=O)[C@H](NC(=O)C2CCCC2)C(OC(C)=O)[C@H]1OC(C)=O. The molecule has 1 N–H and O–H groups in total. The van der Waals surface area contributed by atoms with Crippen molar-refractivity contribution in [2.75, 3.05) is 6.61 Å². The molecule has 0 spiro atoms. The van der Waals surface area contributed by atoms with E-state index < -0.39 is 54.5 Å². The van der Waals surface area contributed by atoms with Crippen LogP contribution in [0.2, 0.25) is 0 Å². The normalized spacial score (nSPS) is 28.3. The van der Waals surface area contributed by atoms with Gasteiger partial charge in [-0.05, 0) is 12.8 Å². The molecule has 2 aliphatic rings. The van der Waals surface area contributed by atoms with Gasteiger partial charge in [-0.3, -0.25) is 24.0 Å². The molecule has 11 nitrogen and oxygen atoms in total. The summed E-state index contributed by atoms with van der Waals surface area (Å²) in [5.41, 5.74) is 0. The number of hydrogen-bond acceptors (Lipinski definition) is 10. The highest BCUT2D eigenvalue weighted by atomic mass is 16.7. The Bertz CT molecular complexity index is 702. The molecular weight excluding hydrogens is 414 g/mol. The van der Waals surface area contributed by atoms with Crippen molar-refractivity contribution in [3.8, 4) is 0 Å². The van der Waals surface area contributed by atoms with Crippen LogP contribution in [0.15, 0.2) is 0 Å². The van der Waals surface area contributed by atoms with E-state index in [9.17, 15) is 24.0 Å². The van der Waals surface area contributed by atoms with Crippen LogP contribution < -0.4 is 5.32 Å². The molecule has 0 aromatic heterocycles. The van der Waals surface area contributed by atoms with Crippen LogP contribution in [0.5, 0.6) is 0 Å². The Kier molecular flexibility index (Phi) is 8.78. The summed E-state index contributed by atoms with van der Waals surface area (Å²) in [5, 5.41) is 2.74. The lowest BCUT2D eigenvalue weighted by atomic mass is 9.95. The van der Waals surface area contributed by atoms with E-state index in [0.29, 0.717) is 12.8 Å². The van der Waals surface area contributed by atoms with Crippen molar-refractivity contribution < 1.29 is 47.7 Å². The lowest BCUT2D eigenvalue weighted by Gasteiger charge is -2.44. The molecule has 0 aromatic carbocycles. The zero-order valence-corrected chi connectivity index (χ0v) is 18.1. The Morgan fingerprint density at radius 2 is 1.35 bits per heavy atom. The van der Waals surface area contributed by atoms with Crippen molar-refractivity contribution in [1.82, 2.24) is 5.32 Å². The highest BCUT2D eigenvalue weighted by Crippen LogP contribution is 2.30. The van der Waals surface area contributed by atoms with Gasteiger partial charge in [-0.15, -0.1) is 0 Å². The Labute approximate surface area is 180 Å². The van der Waals surface area contributed by atoms with Gasteiger partial charge >= 0.3 is 23.9 Å². The standard InChI is InChI=1S/C20H29NO10/c1-10(22)27-9-15-17(28-11(2)23)18(29-12(3)24)16(20(31-15)30-13(4)25)21-19(26)14-7-5-6-8-14/h14-18,20H,5-9H2,1-4H3,(H,21,26)/t15?,16-,17+,18?,20+/m1/s1. The van der Waals surface area contributed by atoms with E-state index in [0.717, 1.165) is 33.6 Å². The molecule has 174 valence electrons. The fourth-order valence-corrected chi connectivity index (χ4v) is 3.79. The van der Waals surface area contributed by atoms with Gasteiger partial charge in [-0.2, -0.15) is 0 Å². The third-order valence-corrected chi connectivity index (χ3v) is 5.02. The summed E-state index contributed by atoms with van der Waals surface area (Å²) in [5.74, 6) is -3.27. The van der Waals surface area contributed by atoms with Gasteiger partial charge in [-0.25, -0.2) is 0 Å². The molecule has 5 atom stereocenters. The van der Waals surface area contributed by atoms with Crippen molar-refractivity contribution in [1.29, 1.82) is 0 Å². The van der Waals surface area contributed by atoms with E-state index in [-0.39, 0.29) is 18.4 Å². The van der Waals surface area contributed by atoms with Crippen molar-refractivity contribution in [3.05, 3.63) is 0 Å². The van der Waals surface area contributed by atoms with Gasteiger partial charge in [0, 0.05) is 33.6 Å². The minimum absolute atomic E-state index is 0.234. The van der Waals surface area contributed by atoms with Crippen molar-refractivity contribution >= 4 is 29.8 Å². The maximum Gasteiger partial charge on any atom is 0.305 e. The van der Waals surface area contributed by atoms with Crippen LogP contribution in [0, 0.1) is 5.92 Å². The largest absolute Gasteiger partial charge is 0.463 e. The van der Waals surface area contributed by atoms with E-state index in [1.54, 1.807) is 0 Å². The first-order chi connectivity index (χ1) is 14.6. The summed E-state index contributed by atoms with van der Waals surface area (Å²) in [4.78, 5) is 59.3. The number of rotatable bonds is 7. The van der Waals surface area contributed by atoms with Crippen molar-refractivity contribution in [2.24, 2.45) is 5.92 Å². The molecule has 1 aliphatic heterocycles. The van der Waals surface area contributed by atoms with Gasteiger partial charge < -0.3 is 29.0 Å². The number of ether oxygens (including phenoxy) is 5. The molecular formula is C20H29NO10. The summed E-state index contributed by atoms with van der Waals surface area (Å²) >= 11 is 0. The first-order valence-corrected chi connectivity index (χ1v) is 10.2. The maximum absolute atomic E-state index is 12.8. The second-order valence-corrected chi connectivity index (χ2v) is 7.62. The Hall–Kier alpha value is -2.69. The van der Waals surface area contributed by atoms with Crippen LogP contribution in [0.25, 0.3) is 0 Å². The van der Waals surface area contributed by atoms with Crippen LogP contribution in [-0.2, 0) is 47.7 Å². The highest BCUT2D eigenvalue weighted by molar-refractivity contribution is 5.79. The molecule has 2 rings (SSSR count). The van der Waals surface area contributed by atoms with Gasteiger partial charge in [0.2, 0.25) is 12.2 Å². The van der Waals surface area contributed by atoms with E-state index >= 15 is 0 Å². The minimum atomic E-state index is -1.36. The van der Waals surface area contributed by atoms with E-state index in [1.165, 1.54) is 6.92 Å². The fourth-order valence-electron chi connectivity index (χ4n) is 3.79. The van der Waals surface area contributed by atoms with E-state index in [4.69, 9.17) is 23.7 Å². The number of carbonyl (C=O) groups is 5. The lowest BCUT2D eigenvalue weighted by molar-refractivity contribution is -0.271. The summed E-state index contributed by atoms with van der Waals surface area (Å²) in [6.45, 7) is 4.28. The average molecular weight is 443 g/mol. The van der Waals surface area contributed by atoms with Crippen molar-refractivity contribution in [2.45, 2.75) is 84.0 Å². The molecule has 1 aliphatic carbocycles. The molecule has 1 saturated heterocycles. The van der Waals surface area contributed by atoms with Crippen LogP contribution in [0.1, 0.15) is 53.4 Å². The second-order valence-electron chi connectivity index (χ2n) is 7.62. The topological polar surface area (TPSA) is 144 Å². The predicted octanol–water partition coefficient (Wildman–Crippen LogP) is 0.376. The van der Waals surface area contributed by atoms with Gasteiger partial charge in [0.25, 0.3) is 0 Å². The Morgan fingerprint density at radius 3 is 1.87 bits per heavy atom. The molecule has 0 aromatic rings. The zero-order chi connectivity index (χ0) is 23.1. The summed E-state index contributed by atoms with van der Waals surface area (Å²) in [6.07, 6.45) is -1.69. The molecule has 0 bridgehead atoms. The lowest BCUT2D eigenvalue weighted by Crippen LogP contribution is -2.67. The van der Waals surface area contributed by atoms with Crippen LogP contribution in [0.3, 0.4) is 0 Å². The van der Waals surface area contributed by atoms with Crippen LogP contribution >= 0.6 is 0 Å². The first-order valence-electron chi connectivity index (χ1n) is 10.2. The monoisotopic (exact) mass is 443 g/mol. The van der Waals surface area contributed by atoms with Crippen LogP contribution in [0.4, 0.5) is 0 Å². The average Bonchev–Trinajstić information content (AvgIpc) is 3.18. The molecule has 2 fully saturated rings. The number of hydrogen-bond donors (Lipinski definition) is 1. The highest BCUT2D eigenvalue weighted by Gasteiger charge is 2.52. The second kappa shape index (κ2) is 11.1. The Morgan fingerprint density at radius 1 is 0.806 bits per heavy atom. The van der Waals surface area contributed by atoms with Crippen molar-refractivity contribution in [3.63, 3.8) is 0 Å². The number of amides is 1. The van der Waals surface area contributed by atoms with E-state index in [2.05, 4.69) is 5.32 Å². The fraction of sp³-hybridized carbons (Fsp3) is 0.750. The molecule has 1 amide bonds. The number of esters is 4. The molecule has 0 radical (unpaired) electrons. The zero-order valence-electron chi connectivity index (χ0n) is 18.1. The van der Waals surface area contributed by atoms with Gasteiger partial charge in [0.15, 0.2) is 12.2 Å². The predicted molar refractivity (Wildman–Crippen MR) is 102 cm³/mol. The number of nitrogens with one attached hydrogen (secondary N) is 1. The molecule has 1 heterocycles. The Balaban J connectivity index is 2.37. The minimum Gasteiger partial charge on any atom is -0.463 e.